The fourth-order valence-corrected chi connectivity index (χ4v) is 1.55. The SMILES string of the molecule is Cc1ccc(Br)c(NCC(O)CCl)c1. The van der Waals surface area contributed by atoms with Gasteiger partial charge in [0, 0.05) is 16.7 Å². The summed E-state index contributed by atoms with van der Waals surface area (Å²) < 4.78 is 0.991. The van der Waals surface area contributed by atoms with E-state index in [0.717, 1.165) is 10.2 Å². The first-order valence-electron chi connectivity index (χ1n) is 4.37. The first kappa shape index (κ1) is 11.8. The maximum atomic E-state index is 9.27. The number of aliphatic hydroxyl groups excluding tert-OH is 1. The second kappa shape index (κ2) is 5.59. The summed E-state index contributed by atoms with van der Waals surface area (Å²) in [7, 11) is 0. The highest BCUT2D eigenvalue weighted by Gasteiger charge is 2.03. The second-order valence-corrected chi connectivity index (χ2v) is 4.34. The Morgan fingerprint density at radius 1 is 1.57 bits per heavy atom. The van der Waals surface area contributed by atoms with Crippen molar-refractivity contribution in [2.75, 3.05) is 17.7 Å². The van der Waals surface area contributed by atoms with Crippen LogP contribution in [-0.2, 0) is 0 Å². The monoisotopic (exact) mass is 277 g/mol. The molecular formula is C10H13BrClNO. The van der Waals surface area contributed by atoms with E-state index in [-0.39, 0.29) is 5.88 Å². The Bertz CT molecular complexity index is 306. The van der Waals surface area contributed by atoms with Crippen LogP contribution < -0.4 is 5.32 Å². The Morgan fingerprint density at radius 2 is 2.29 bits per heavy atom. The molecule has 2 nitrogen and oxygen atoms in total. The summed E-state index contributed by atoms with van der Waals surface area (Å²) >= 11 is 8.91. The summed E-state index contributed by atoms with van der Waals surface area (Å²) in [5, 5.41) is 12.4. The molecule has 1 rings (SSSR count). The van der Waals surface area contributed by atoms with Crippen LogP contribution >= 0.6 is 27.5 Å². The van der Waals surface area contributed by atoms with Gasteiger partial charge in [-0.25, -0.2) is 0 Å². The van der Waals surface area contributed by atoms with Gasteiger partial charge in [-0.15, -0.1) is 11.6 Å². The van der Waals surface area contributed by atoms with Gasteiger partial charge in [-0.1, -0.05) is 6.07 Å². The first-order chi connectivity index (χ1) is 6.63. The number of anilines is 1. The summed E-state index contributed by atoms with van der Waals surface area (Å²) in [5.41, 5.74) is 2.16. The van der Waals surface area contributed by atoms with Gasteiger partial charge in [0.05, 0.1) is 12.0 Å². The van der Waals surface area contributed by atoms with Crippen LogP contribution in [0.25, 0.3) is 0 Å². The first-order valence-corrected chi connectivity index (χ1v) is 5.70. The van der Waals surface area contributed by atoms with Gasteiger partial charge in [0.25, 0.3) is 0 Å². The van der Waals surface area contributed by atoms with Crippen LogP contribution in [-0.4, -0.2) is 23.6 Å². The molecule has 1 aromatic rings. The van der Waals surface area contributed by atoms with E-state index in [9.17, 15) is 5.11 Å². The molecule has 0 aliphatic carbocycles. The van der Waals surface area contributed by atoms with E-state index < -0.39 is 6.10 Å². The Hall–Kier alpha value is -0.250. The number of rotatable bonds is 4. The van der Waals surface area contributed by atoms with E-state index >= 15 is 0 Å². The molecule has 0 radical (unpaired) electrons. The number of benzene rings is 1. The van der Waals surface area contributed by atoms with Crippen molar-refractivity contribution >= 4 is 33.2 Å². The third-order valence-electron chi connectivity index (χ3n) is 1.83. The predicted octanol–water partition coefficient (Wildman–Crippen LogP) is 2.77. The molecule has 1 unspecified atom stereocenters. The van der Waals surface area contributed by atoms with Gasteiger partial charge in [-0.3, -0.25) is 0 Å². The molecule has 78 valence electrons. The summed E-state index contributed by atoms with van der Waals surface area (Å²) in [6.45, 7) is 2.49. The lowest BCUT2D eigenvalue weighted by atomic mass is 10.2. The number of aryl methyl sites for hydroxylation is 1. The standard InChI is InChI=1S/C10H13BrClNO/c1-7-2-3-9(11)10(4-7)13-6-8(14)5-12/h2-4,8,13-14H,5-6H2,1H3. The number of alkyl halides is 1. The van der Waals surface area contributed by atoms with Crippen molar-refractivity contribution in [1.82, 2.24) is 0 Å². The van der Waals surface area contributed by atoms with Gasteiger partial charge in [0.1, 0.15) is 0 Å². The minimum absolute atomic E-state index is 0.246. The lowest BCUT2D eigenvalue weighted by molar-refractivity contribution is 0.211. The Balaban J connectivity index is 2.62. The van der Waals surface area contributed by atoms with Crippen LogP contribution in [0.3, 0.4) is 0 Å². The smallest absolute Gasteiger partial charge is 0.0847 e. The number of hydrogen-bond donors (Lipinski definition) is 2. The van der Waals surface area contributed by atoms with Crippen molar-refractivity contribution in [3.63, 3.8) is 0 Å². The van der Waals surface area contributed by atoms with Crippen molar-refractivity contribution in [2.45, 2.75) is 13.0 Å². The van der Waals surface area contributed by atoms with Crippen molar-refractivity contribution < 1.29 is 5.11 Å². The zero-order valence-corrected chi connectivity index (χ0v) is 10.3. The average molecular weight is 279 g/mol. The van der Waals surface area contributed by atoms with E-state index in [0.29, 0.717) is 6.54 Å². The molecule has 0 fully saturated rings. The maximum absolute atomic E-state index is 9.27. The van der Waals surface area contributed by atoms with Crippen LogP contribution in [0.15, 0.2) is 22.7 Å². The highest BCUT2D eigenvalue weighted by atomic mass is 79.9. The van der Waals surface area contributed by atoms with E-state index in [4.69, 9.17) is 11.6 Å². The van der Waals surface area contributed by atoms with Crippen LogP contribution in [0.4, 0.5) is 5.69 Å². The highest BCUT2D eigenvalue weighted by Crippen LogP contribution is 2.23. The molecule has 1 aromatic carbocycles. The zero-order valence-electron chi connectivity index (χ0n) is 7.93. The zero-order chi connectivity index (χ0) is 10.6. The second-order valence-electron chi connectivity index (χ2n) is 3.17. The molecular weight excluding hydrogens is 265 g/mol. The average Bonchev–Trinajstić information content (AvgIpc) is 2.19. The summed E-state index contributed by atoms with van der Waals surface area (Å²) in [6.07, 6.45) is -0.510. The van der Waals surface area contributed by atoms with Crippen LogP contribution in [0.2, 0.25) is 0 Å². The number of aliphatic hydroxyl groups is 1. The largest absolute Gasteiger partial charge is 0.390 e. The lowest BCUT2D eigenvalue weighted by Crippen LogP contribution is -2.20. The van der Waals surface area contributed by atoms with E-state index in [1.165, 1.54) is 5.56 Å². The van der Waals surface area contributed by atoms with Crippen molar-refractivity contribution in [2.24, 2.45) is 0 Å². The topological polar surface area (TPSA) is 32.3 Å². The van der Waals surface area contributed by atoms with Gasteiger partial charge in [0.2, 0.25) is 0 Å². The Kier molecular flexibility index (Phi) is 4.72. The molecule has 0 bridgehead atoms. The molecule has 0 amide bonds. The summed E-state index contributed by atoms with van der Waals surface area (Å²) in [5.74, 6) is 0.246. The molecule has 0 aromatic heterocycles. The van der Waals surface area contributed by atoms with Gasteiger partial charge >= 0.3 is 0 Å². The summed E-state index contributed by atoms with van der Waals surface area (Å²) in [6, 6.07) is 6.02. The number of nitrogens with one attached hydrogen (secondary N) is 1. The molecule has 4 heteroatoms. The van der Waals surface area contributed by atoms with Gasteiger partial charge in [-0.05, 0) is 40.5 Å². The Labute approximate surface area is 97.4 Å². The van der Waals surface area contributed by atoms with Gasteiger partial charge in [0.15, 0.2) is 0 Å². The minimum atomic E-state index is -0.510. The molecule has 0 saturated heterocycles. The lowest BCUT2D eigenvalue weighted by Gasteiger charge is -2.12. The molecule has 0 aliphatic rings. The third-order valence-corrected chi connectivity index (χ3v) is 2.88. The van der Waals surface area contributed by atoms with E-state index in [1.54, 1.807) is 0 Å². The van der Waals surface area contributed by atoms with Crippen molar-refractivity contribution in [3.05, 3.63) is 28.2 Å². The van der Waals surface area contributed by atoms with Crippen LogP contribution in [0, 0.1) is 6.92 Å². The van der Waals surface area contributed by atoms with E-state index in [2.05, 4.69) is 21.2 Å². The molecule has 0 spiro atoms. The van der Waals surface area contributed by atoms with Gasteiger partial charge < -0.3 is 10.4 Å². The molecule has 0 aliphatic heterocycles. The summed E-state index contributed by atoms with van der Waals surface area (Å²) in [4.78, 5) is 0. The molecule has 0 heterocycles. The number of halogens is 2. The molecule has 1 atom stereocenters. The predicted molar refractivity (Wildman–Crippen MR) is 64.1 cm³/mol. The maximum Gasteiger partial charge on any atom is 0.0847 e. The third kappa shape index (κ3) is 3.48. The van der Waals surface area contributed by atoms with Crippen LogP contribution in [0.5, 0.6) is 0 Å². The van der Waals surface area contributed by atoms with Crippen molar-refractivity contribution in [1.29, 1.82) is 0 Å². The molecule has 0 saturated carbocycles. The fourth-order valence-electron chi connectivity index (χ4n) is 1.06. The van der Waals surface area contributed by atoms with Gasteiger partial charge in [-0.2, -0.15) is 0 Å². The van der Waals surface area contributed by atoms with Crippen molar-refractivity contribution in [3.8, 4) is 0 Å². The quantitative estimate of drug-likeness (QED) is 0.830. The molecule has 14 heavy (non-hydrogen) atoms. The number of hydrogen-bond acceptors (Lipinski definition) is 2. The minimum Gasteiger partial charge on any atom is -0.390 e. The Morgan fingerprint density at radius 3 is 2.93 bits per heavy atom. The normalized spacial score (nSPS) is 12.6. The van der Waals surface area contributed by atoms with Crippen LogP contribution in [0.1, 0.15) is 5.56 Å². The fraction of sp³-hybridized carbons (Fsp3) is 0.400. The highest BCUT2D eigenvalue weighted by molar-refractivity contribution is 9.10. The molecule has 2 N–H and O–H groups in total. The van der Waals surface area contributed by atoms with E-state index in [1.807, 2.05) is 25.1 Å².